The summed E-state index contributed by atoms with van der Waals surface area (Å²) in [5.41, 5.74) is 3.30. The van der Waals surface area contributed by atoms with Gasteiger partial charge in [-0.25, -0.2) is 0 Å². The van der Waals surface area contributed by atoms with Gasteiger partial charge in [0.25, 0.3) is 0 Å². The van der Waals surface area contributed by atoms with Gasteiger partial charge in [-0.15, -0.1) is 16.4 Å². The summed E-state index contributed by atoms with van der Waals surface area (Å²) < 4.78 is 1.67. The van der Waals surface area contributed by atoms with E-state index in [4.69, 9.17) is 0 Å². The summed E-state index contributed by atoms with van der Waals surface area (Å²) in [5, 5.41) is 12.4. The zero-order valence-electron chi connectivity index (χ0n) is 13.1. The Bertz CT molecular complexity index is 853. The minimum absolute atomic E-state index is 0.0998. The molecule has 118 valence electrons. The van der Waals surface area contributed by atoms with Crippen LogP contribution in [0.3, 0.4) is 0 Å². The molecular formula is C16H16N4OS2. The lowest BCUT2D eigenvalue weighted by atomic mass is 10.1. The third-order valence-electron chi connectivity index (χ3n) is 3.52. The van der Waals surface area contributed by atoms with E-state index in [1.165, 1.54) is 34.2 Å². The fourth-order valence-corrected chi connectivity index (χ4v) is 3.74. The van der Waals surface area contributed by atoms with E-state index in [0.717, 1.165) is 15.4 Å². The fraction of sp³-hybridized carbons (Fsp3) is 0.250. The molecule has 7 heteroatoms. The van der Waals surface area contributed by atoms with E-state index in [9.17, 15) is 4.79 Å². The fourth-order valence-electron chi connectivity index (χ4n) is 2.07. The molecule has 0 radical (unpaired) electrons. The quantitative estimate of drug-likeness (QED) is 0.522. The molecule has 0 amide bonds. The van der Waals surface area contributed by atoms with E-state index in [0.29, 0.717) is 10.9 Å². The van der Waals surface area contributed by atoms with Gasteiger partial charge in [-0.3, -0.25) is 4.79 Å². The summed E-state index contributed by atoms with van der Waals surface area (Å²) in [6.45, 7) is 6.11. The molecule has 0 saturated carbocycles. The predicted molar refractivity (Wildman–Crippen MR) is 92.7 cm³/mol. The Labute approximate surface area is 142 Å². The predicted octanol–water partition coefficient (Wildman–Crippen LogP) is 3.62. The van der Waals surface area contributed by atoms with E-state index in [-0.39, 0.29) is 5.78 Å². The second kappa shape index (κ2) is 6.64. The summed E-state index contributed by atoms with van der Waals surface area (Å²) in [7, 11) is 0. The van der Waals surface area contributed by atoms with Gasteiger partial charge in [0.1, 0.15) is 0 Å². The molecule has 3 rings (SSSR count). The highest BCUT2D eigenvalue weighted by molar-refractivity contribution is 7.99. The lowest BCUT2D eigenvalue weighted by molar-refractivity contribution is 0.102. The minimum Gasteiger partial charge on any atom is -0.292 e. The molecule has 0 aliphatic rings. The molecular weight excluding hydrogens is 328 g/mol. The third-order valence-corrected chi connectivity index (χ3v) is 5.48. The zero-order chi connectivity index (χ0) is 16.4. The number of carbonyl (C=O) groups excluding carboxylic acids is 1. The van der Waals surface area contributed by atoms with Crippen molar-refractivity contribution < 1.29 is 4.79 Å². The molecule has 23 heavy (non-hydrogen) atoms. The summed E-state index contributed by atoms with van der Waals surface area (Å²) in [6, 6.07) is 9.89. The van der Waals surface area contributed by atoms with Crippen LogP contribution in [-0.2, 0) is 0 Å². The summed E-state index contributed by atoms with van der Waals surface area (Å²) in [4.78, 5) is 14.1. The number of hydrogen-bond acceptors (Lipinski definition) is 6. The van der Waals surface area contributed by atoms with Crippen LogP contribution in [0.2, 0.25) is 0 Å². The number of hydrogen-bond donors (Lipinski definition) is 0. The van der Waals surface area contributed by atoms with Crippen LogP contribution in [0, 0.1) is 20.8 Å². The number of tetrazole rings is 1. The van der Waals surface area contributed by atoms with Crippen molar-refractivity contribution in [2.24, 2.45) is 0 Å². The average molecular weight is 344 g/mol. The molecule has 5 nitrogen and oxygen atoms in total. The Morgan fingerprint density at radius 2 is 2.00 bits per heavy atom. The molecule has 2 heterocycles. The zero-order valence-corrected chi connectivity index (χ0v) is 14.7. The van der Waals surface area contributed by atoms with Crippen molar-refractivity contribution in [3.8, 4) is 5.69 Å². The van der Waals surface area contributed by atoms with Crippen LogP contribution in [0.5, 0.6) is 0 Å². The van der Waals surface area contributed by atoms with Crippen LogP contribution in [0.15, 0.2) is 35.5 Å². The molecule has 0 spiro atoms. The van der Waals surface area contributed by atoms with Gasteiger partial charge in [0, 0.05) is 4.88 Å². The lowest BCUT2D eigenvalue weighted by Crippen LogP contribution is -2.04. The lowest BCUT2D eigenvalue weighted by Gasteiger charge is -2.06. The van der Waals surface area contributed by atoms with Crippen LogP contribution in [0.1, 0.15) is 25.7 Å². The maximum Gasteiger partial charge on any atom is 0.214 e. The summed E-state index contributed by atoms with van der Waals surface area (Å²) in [5.74, 6) is 0.424. The van der Waals surface area contributed by atoms with Crippen molar-refractivity contribution >= 4 is 28.9 Å². The van der Waals surface area contributed by atoms with Gasteiger partial charge in [0.05, 0.1) is 16.3 Å². The standard InChI is InChI=1S/C16H16N4OS2/c1-10-4-6-13(8-11(10)2)20-16(17-18-19-20)22-9-14(21)15-7-5-12(3)23-15/h4-8H,9H2,1-3H3. The molecule has 0 unspecified atom stereocenters. The maximum atomic E-state index is 12.2. The highest BCUT2D eigenvalue weighted by Crippen LogP contribution is 2.23. The van der Waals surface area contributed by atoms with E-state index in [1.54, 1.807) is 4.68 Å². The van der Waals surface area contributed by atoms with Crippen LogP contribution in [0.4, 0.5) is 0 Å². The van der Waals surface area contributed by atoms with E-state index in [2.05, 4.69) is 29.4 Å². The smallest absolute Gasteiger partial charge is 0.214 e. The number of benzene rings is 1. The van der Waals surface area contributed by atoms with Gasteiger partial charge in [-0.05, 0) is 66.6 Å². The molecule has 2 aromatic heterocycles. The highest BCUT2D eigenvalue weighted by Gasteiger charge is 2.14. The molecule has 0 N–H and O–H groups in total. The van der Waals surface area contributed by atoms with Gasteiger partial charge >= 0.3 is 0 Å². The van der Waals surface area contributed by atoms with E-state index in [1.807, 2.05) is 37.3 Å². The van der Waals surface area contributed by atoms with Gasteiger partial charge in [-0.1, -0.05) is 17.8 Å². The number of carbonyl (C=O) groups is 1. The molecule has 0 aliphatic heterocycles. The Morgan fingerprint density at radius 1 is 1.17 bits per heavy atom. The second-order valence-corrected chi connectivity index (χ2v) is 7.49. The SMILES string of the molecule is Cc1ccc(C(=O)CSc2nnnn2-c2ccc(C)c(C)c2)s1. The number of thiophene rings is 1. The monoisotopic (exact) mass is 344 g/mol. The van der Waals surface area contributed by atoms with E-state index < -0.39 is 0 Å². The van der Waals surface area contributed by atoms with Crippen molar-refractivity contribution in [1.29, 1.82) is 0 Å². The number of ketones is 1. The van der Waals surface area contributed by atoms with Gasteiger partial charge in [0.15, 0.2) is 5.78 Å². The largest absolute Gasteiger partial charge is 0.292 e. The Morgan fingerprint density at radius 3 is 2.70 bits per heavy atom. The molecule has 0 aliphatic carbocycles. The van der Waals surface area contributed by atoms with Gasteiger partial charge < -0.3 is 0 Å². The molecule has 3 aromatic rings. The first-order chi connectivity index (χ1) is 11.0. The van der Waals surface area contributed by atoms with Crippen LogP contribution in [0.25, 0.3) is 5.69 Å². The van der Waals surface area contributed by atoms with Crippen molar-refractivity contribution in [2.45, 2.75) is 25.9 Å². The molecule has 0 fully saturated rings. The number of aromatic nitrogens is 4. The first-order valence-electron chi connectivity index (χ1n) is 7.13. The second-order valence-electron chi connectivity index (χ2n) is 5.26. The Balaban J connectivity index is 1.76. The first kappa shape index (κ1) is 15.9. The molecule has 1 aromatic carbocycles. The van der Waals surface area contributed by atoms with Crippen molar-refractivity contribution in [2.75, 3.05) is 5.75 Å². The average Bonchev–Trinajstić information content (AvgIpc) is 3.16. The normalized spacial score (nSPS) is 10.9. The van der Waals surface area contributed by atoms with Crippen molar-refractivity contribution in [1.82, 2.24) is 20.2 Å². The molecule has 0 atom stereocenters. The Kier molecular flexibility index (Phi) is 4.58. The molecule has 0 saturated heterocycles. The Hall–Kier alpha value is -1.99. The third kappa shape index (κ3) is 3.51. The van der Waals surface area contributed by atoms with Crippen LogP contribution >= 0.6 is 23.1 Å². The maximum absolute atomic E-state index is 12.2. The topological polar surface area (TPSA) is 60.7 Å². The number of thioether (sulfide) groups is 1. The highest BCUT2D eigenvalue weighted by atomic mass is 32.2. The first-order valence-corrected chi connectivity index (χ1v) is 8.93. The molecule has 0 bridgehead atoms. The van der Waals surface area contributed by atoms with Gasteiger partial charge in [0.2, 0.25) is 5.16 Å². The minimum atomic E-state index is 0.0998. The number of nitrogens with zero attached hydrogens (tertiary/aromatic N) is 4. The number of rotatable bonds is 5. The van der Waals surface area contributed by atoms with Gasteiger partial charge in [-0.2, -0.15) is 4.68 Å². The van der Waals surface area contributed by atoms with Crippen LogP contribution in [-0.4, -0.2) is 31.7 Å². The summed E-state index contributed by atoms with van der Waals surface area (Å²) >= 11 is 2.87. The summed E-state index contributed by atoms with van der Waals surface area (Å²) in [6.07, 6.45) is 0. The van der Waals surface area contributed by atoms with Crippen molar-refractivity contribution in [3.63, 3.8) is 0 Å². The van der Waals surface area contributed by atoms with Crippen molar-refractivity contribution in [3.05, 3.63) is 51.2 Å². The van der Waals surface area contributed by atoms with E-state index >= 15 is 0 Å². The number of aryl methyl sites for hydroxylation is 3. The number of Topliss-reactive ketones (excluding diaryl/α,β-unsaturated/α-hetero) is 1. The van der Waals surface area contributed by atoms with Crippen LogP contribution < -0.4 is 0 Å².